The highest BCUT2D eigenvalue weighted by atomic mass is 35.5. The standard InChI is InChI=1S/C23H24ClN3O2/c1-22(2)20(27-11-9-14-8-10-26-13-16(14)19(27)28)23(3,4)21(22)29-15-6-7-18(25-5)17(24)12-15/h6-8,10,12-13,20-21H,9,11H2,1-4H3. The van der Waals surface area contributed by atoms with Crippen molar-refractivity contribution in [1.82, 2.24) is 9.88 Å². The lowest BCUT2D eigenvalue weighted by Crippen LogP contribution is -2.75. The highest BCUT2D eigenvalue weighted by molar-refractivity contribution is 6.33. The number of hydrogen-bond donors (Lipinski definition) is 0. The number of rotatable bonds is 3. The van der Waals surface area contributed by atoms with Crippen LogP contribution in [0.3, 0.4) is 0 Å². The van der Waals surface area contributed by atoms with Crippen molar-refractivity contribution >= 4 is 23.2 Å². The van der Waals surface area contributed by atoms with E-state index in [9.17, 15) is 4.79 Å². The maximum absolute atomic E-state index is 13.2. The molecule has 1 aliphatic carbocycles. The van der Waals surface area contributed by atoms with Crippen molar-refractivity contribution < 1.29 is 9.53 Å². The Labute approximate surface area is 176 Å². The molecule has 5 nitrogen and oxygen atoms in total. The Kier molecular flexibility index (Phi) is 4.59. The number of pyridine rings is 1. The van der Waals surface area contributed by atoms with Crippen LogP contribution in [0, 0.1) is 17.4 Å². The van der Waals surface area contributed by atoms with Crippen LogP contribution in [0.1, 0.15) is 43.6 Å². The van der Waals surface area contributed by atoms with E-state index >= 15 is 0 Å². The molecule has 0 bridgehead atoms. The first kappa shape index (κ1) is 19.7. The fourth-order valence-corrected chi connectivity index (χ4v) is 5.79. The number of benzene rings is 1. The Balaban J connectivity index is 1.60. The van der Waals surface area contributed by atoms with Gasteiger partial charge in [-0.1, -0.05) is 45.4 Å². The highest BCUT2D eigenvalue weighted by Crippen LogP contribution is 2.58. The van der Waals surface area contributed by atoms with Crippen LogP contribution in [0.25, 0.3) is 4.85 Å². The number of hydrogen-bond acceptors (Lipinski definition) is 3. The van der Waals surface area contributed by atoms with Gasteiger partial charge in [0.05, 0.1) is 17.2 Å². The van der Waals surface area contributed by atoms with E-state index in [1.54, 1.807) is 30.6 Å². The Morgan fingerprint density at radius 3 is 2.62 bits per heavy atom. The highest BCUT2D eigenvalue weighted by Gasteiger charge is 2.66. The number of nitrogens with zero attached hydrogens (tertiary/aromatic N) is 3. The molecular weight excluding hydrogens is 386 g/mol. The molecule has 4 rings (SSSR count). The van der Waals surface area contributed by atoms with Gasteiger partial charge in [0.25, 0.3) is 5.91 Å². The number of carbonyl (C=O) groups is 1. The summed E-state index contributed by atoms with van der Waals surface area (Å²) in [5.74, 6) is 0.694. The summed E-state index contributed by atoms with van der Waals surface area (Å²) in [6.45, 7) is 16.4. The maximum Gasteiger partial charge on any atom is 0.256 e. The fourth-order valence-electron chi connectivity index (χ4n) is 5.58. The van der Waals surface area contributed by atoms with Crippen molar-refractivity contribution in [3.05, 3.63) is 64.2 Å². The minimum Gasteiger partial charge on any atom is -0.489 e. The average Bonchev–Trinajstić information content (AvgIpc) is 2.68. The lowest BCUT2D eigenvalue weighted by molar-refractivity contribution is -0.199. The Bertz CT molecular complexity index is 1010. The summed E-state index contributed by atoms with van der Waals surface area (Å²) in [5.41, 5.74) is 1.69. The van der Waals surface area contributed by atoms with Crippen molar-refractivity contribution in [1.29, 1.82) is 0 Å². The van der Waals surface area contributed by atoms with Crippen LogP contribution in [0.2, 0.25) is 5.02 Å². The molecule has 2 heterocycles. The third kappa shape index (κ3) is 2.98. The number of halogens is 1. The second kappa shape index (κ2) is 6.74. The summed E-state index contributed by atoms with van der Waals surface area (Å²) in [5, 5.41) is 0.388. The van der Waals surface area contributed by atoms with E-state index in [1.165, 1.54) is 0 Å². The summed E-state index contributed by atoms with van der Waals surface area (Å²) in [6.07, 6.45) is 4.16. The second-order valence-corrected chi connectivity index (χ2v) is 9.46. The van der Waals surface area contributed by atoms with Gasteiger partial charge < -0.3 is 9.64 Å². The molecule has 2 aromatic rings. The SMILES string of the molecule is [C-]#[N+]c1ccc(OC2C(C)(C)C(N3CCc4ccncc4C3=O)C2(C)C)cc1Cl. The third-order valence-corrected chi connectivity index (χ3v) is 6.69. The van der Waals surface area contributed by atoms with Crippen molar-refractivity contribution in [3.63, 3.8) is 0 Å². The van der Waals surface area contributed by atoms with Gasteiger partial charge in [-0.15, -0.1) is 0 Å². The molecule has 0 saturated heterocycles. The zero-order valence-corrected chi connectivity index (χ0v) is 17.8. The monoisotopic (exact) mass is 409 g/mol. The third-order valence-electron chi connectivity index (χ3n) is 6.39. The number of carbonyl (C=O) groups excluding carboxylic acids is 1. The summed E-state index contributed by atoms with van der Waals surface area (Å²) in [4.78, 5) is 22.7. The molecule has 1 aromatic carbocycles. The molecule has 150 valence electrons. The van der Waals surface area contributed by atoms with Crippen molar-refractivity contribution in [2.24, 2.45) is 10.8 Å². The van der Waals surface area contributed by atoms with E-state index in [2.05, 4.69) is 37.5 Å². The molecule has 0 spiro atoms. The van der Waals surface area contributed by atoms with Crippen LogP contribution in [0.4, 0.5) is 5.69 Å². The molecular formula is C23H24ClN3O2. The molecule has 29 heavy (non-hydrogen) atoms. The van der Waals surface area contributed by atoms with Crippen LogP contribution in [0.15, 0.2) is 36.7 Å². The second-order valence-electron chi connectivity index (χ2n) is 9.05. The van der Waals surface area contributed by atoms with Gasteiger partial charge in [0.15, 0.2) is 0 Å². The summed E-state index contributed by atoms with van der Waals surface area (Å²) >= 11 is 6.18. The summed E-state index contributed by atoms with van der Waals surface area (Å²) in [6, 6.07) is 7.14. The van der Waals surface area contributed by atoms with Crippen molar-refractivity contribution in [3.8, 4) is 5.75 Å². The average molecular weight is 410 g/mol. The topological polar surface area (TPSA) is 46.8 Å². The van der Waals surface area contributed by atoms with Gasteiger partial charge in [0.2, 0.25) is 5.69 Å². The van der Waals surface area contributed by atoms with Crippen molar-refractivity contribution in [2.75, 3.05) is 6.54 Å². The quantitative estimate of drug-likeness (QED) is 0.657. The van der Waals surface area contributed by atoms with E-state index in [-0.39, 0.29) is 28.9 Å². The smallest absolute Gasteiger partial charge is 0.256 e. The van der Waals surface area contributed by atoms with Crippen LogP contribution in [0.5, 0.6) is 5.75 Å². The van der Waals surface area contributed by atoms with Gasteiger partial charge in [-0.25, -0.2) is 4.85 Å². The number of fused-ring (bicyclic) bond motifs is 1. The Hall–Kier alpha value is -2.58. The number of amides is 1. The molecule has 1 saturated carbocycles. The Morgan fingerprint density at radius 2 is 1.97 bits per heavy atom. The van der Waals surface area contributed by atoms with Gasteiger partial charge in [-0.3, -0.25) is 9.78 Å². The molecule has 1 aromatic heterocycles. The molecule has 6 heteroatoms. The van der Waals surface area contributed by atoms with E-state index in [4.69, 9.17) is 22.9 Å². The van der Waals surface area contributed by atoms with Gasteiger partial charge in [-0.05, 0) is 30.2 Å². The molecule has 1 amide bonds. The van der Waals surface area contributed by atoms with Crippen LogP contribution in [-0.2, 0) is 6.42 Å². The molecule has 0 N–H and O–H groups in total. The van der Waals surface area contributed by atoms with Gasteiger partial charge in [0.1, 0.15) is 11.9 Å². The van der Waals surface area contributed by atoms with E-state index < -0.39 is 0 Å². The van der Waals surface area contributed by atoms with Gasteiger partial charge in [-0.2, -0.15) is 0 Å². The lowest BCUT2D eigenvalue weighted by Gasteiger charge is -2.66. The molecule has 1 fully saturated rings. The van der Waals surface area contributed by atoms with Crippen LogP contribution < -0.4 is 4.74 Å². The summed E-state index contributed by atoms with van der Waals surface area (Å²) < 4.78 is 6.35. The first-order valence-electron chi connectivity index (χ1n) is 9.75. The maximum atomic E-state index is 13.2. The summed E-state index contributed by atoms with van der Waals surface area (Å²) in [7, 11) is 0. The number of ether oxygens (including phenoxy) is 1. The zero-order chi connectivity index (χ0) is 21.0. The van der Waals surface area contributed by atoms with Crippen LogP contribution >= 0.6 is 11.6 Å². The largest absolute Gasteiger partial charge is 0.489 e. The van der Waals surface area contributed by atoms with Crippen LogP contribution in [-0.4, -0.2) is 34.5 Å². The normalized spacial score (nSPS) is 24.3. The first-order valence-corrected chi connectivity index (χ1v) is 10.1. The van der Waals surface area contributed by atoms with E-state index in [1.807, 2.05) is 11.0 Å². The van der Waals surface area contributed by atoms with E-state index in [0.29, 0.717) is 28.6 Å². The minimum atomic E-state index is -0.246. The molecule has 0 radical (unpaired) electrons. The zero-order valence-electron chi connectivity index (χ0n) is 17.1. The predicted molar refractivity (Wildman–Crippen MR) is 112 cm³/mol. The molecule has 0 unspecified atom stereocenters. The first-order chi connectivity index (χ1) is 13.7. The molecule has 1 aliphatic heterocycles. The molecule has 0 atom stereocenters. The Morgan fingerprint density at radius 1 is 1.24 bits per heavy atom. The predicted octanol–water partition coefficient (Wildman–Crippen LogP) is 5.17. The van der Waals surface area contributed by atoms with Gasteiger partial charge >= 0.3 is 0 Å². The van der Waals surface area contributed by atoms with E-state index in [0.717, 1.165) is 12.0 Å². The fraction of sp³-hybridized carbons (Fsp3) is 0.435. The number of aromatic nitrogens is 1. The minimum absolute atomic E-state index is 0.0406. The van der Waals surface area contributed by atoms with Gasteiger partial charge in [0, 0.05) is 35.8 Å². The molecule has 2 aliphatic rings. The lowest BCUT2D eigenvalue weighted by atomic mass is 9.48. The van der Waals surface area contributed by atoms with Crippen molar-refractivity contribution in [2.45, 2.75) is 46.3 Å².